The molecule has 5 heteroatoms. The van der Waals surface area contributed by atoms with Crippen molar-refractivity contribution < 1.29 is 4.79 Å². The minimum absolute atomic E-state index is 0.0346. The van der Waals surface area contributed by atoms with E-state index in [4.69, 9.17) is 17.3 Å². The van der Waals surface area contributed by atoms with Crippen LogP contribution in [0.5, 0.6) is 0 Å². The highest BCUT2D eigenvalue weighted by atomic mass is 35.5. The first-order valence-electron chi connectivity index (χ1n) is 6.41. The van der Waals surface area contributed by atoms with Crippen LogP contribution in [0.2, 0.25) is 4.34 Å². The zero-order chi connectivity index (χ0) is 14.7. The van der Waals surface area contributed by atoms with Gasteiger partial charge in [-0.05, 0) is 37.6 Å². The average Bonchev–Trinajstić information content (AvgIpc) is 2.81. The summed E-state index contributed by atoms with van der Waals surface area (Å²) in [5.41, 5.74) is 7.97. The second kappa shape index (κ2) is 6.29. The van der Waals surface area contributed by atoms with Gasteiger partial charge in [0.05, 0.1) is 16.4 Å². The molecule has 0 aliphatic rings. The van der Waals surface area contributed by atoms with Gasteiger partial charge in [0.1, 0.15) is 0 Å². The Bertz CT molecular complexity index is 604. The van der Waals surface area contributed by atoms with E-state index >= 15 is 0 Å². The number of benzene rings is 1. The predicted octanol–water partition coefficient (Wildman–Crippen LogP) is 3.95. The third kappa shape index (κ3) is 3.14. The van der Waals surface area contributed by atoms with Crippen LogP contribution in [-0.4, -0.2) is 17.4 Å². The minimum atomic E-state index is -0.0346. The van der Waals surface area contributed by atoms with E-state index in [1.165, 1.54) is 11.3 Å². The van der Waals surface area contributed by atoms with Crippen LogP contribution in [0.1, 0.15) is 27.7 Å². The second-order valence-corrected chi connectivity index (χ2v) is 6.36. The van der Waals surface area contributed by atoms with Gasteiger partial charge < -0.3 is 10.6 Å². The summed E-state index contributed by atoms with van der Waals surface area (Å²) in [5.74, 6) is -0.0346. The highest BCUT2D eigenvalue weighted by Crippen LogP contribution is 2.24. The lowest BCUT2D eigenvalue weighted by atomic mass is 10.1. The average molecular weight is 309 g/mol. The zero-order valence-electron chi connectivity index (χ0n) is 11.5. The smallest absolute Gasteiger partial charge is 0.256 e. The molecule has 0 radical (unpaired) electrons. The van der Waals surface area contributed by atoms with Crippen molar-refractivity contribution in [2.45, 2.75) is 20.4 Å². The number of hydrogen-bond acceptors (Lipinski definition) is 3. The summed E-state index contributed by atoms with van der Waals surface area (Å²) in [4.78, 5) is 15.5. The molecule has 1 aromatic carbocycles. The van der Waals surface area contributed by atoms with Gasteiger partial charge in [0, 0.05) is 17.1 Å². The SMILES string of the molecule is CCN(Cc1ccc(Cl)s1)C(=O)c1c(C)cccc1N. The number of amides is 1. The third-order valence-corrected chi connectivity index (χ3v) is 4.38. The fourth-order valence-corrected chi connectivity index (χ4v) is 3.20. The van der Waals surface area contributed by atoms with Gasteiger partial charge in [0.2, 0.25) is 0 Å². The zero-order valence-corrected chi connectivity index (χ0v) is 13.1. The number of nitrogens with zero attached hydrogens (tertiary/aromatic N) is 1. The molecule has 1 heterocycles. The molecule has 0 aliphatic heterocycles. The summed E-state index contributed by atoms with van der Waals surface area (Å²) in [6.07, 6.45) is 0. The fourth-order valence-electron chi connectivity index (χ4n) is 2.09. The normalized spacial score (nSPS) is 10.6. The lowest BCUT2D eigenvalue weighted by Crippen LogP contribution is -2.31. The molecular formula is C15H17ClN2OS. The Morgan fingerprint density at radius 3 is 2.65 bits per heavy atom. The number of nitrogen functional groups attached to an aromatic ring is 1. The molecule has 2 rings (SSSR count). The van der Waals surface area contributed by atoms with E-state index in [-0.39, 0.29) is 5.91 Å². The van der Waals surface area contributed by atoms with E-state index < -0.39 is 0 Å². The third-order valence-electron chi connectivity index (χ3n) is 3.16. The van der Waals surface area contributed by atoms with Crippen molar-refractivity contribution in [2.75, 3.05) is 12.3 Å². The molecule has 0 spiro atoms. The number of thiophene rings is 1. The summed E-state index contributed by atoms with van der Waals surface area (Å²) < 4.78 is 0.735. The summed E-state index contributed by atoms with van der Waals surface area (Å²) >= 11 is 7.42. The Balaban J connectivity index is 2.25. The van der Waals surface area contributed by atoms with Gasteiger partial charge in [-0.3, -0.25) is 4.79 Å². The maximum atomic E-state index is 12.6. The number of hydrogen-bond donors (Lipinski definition) is 1. The number of rotatable bonds is 4. The molecule has 0 atom stereocenters. The molecule has 0 saturated heterocycles. The topological polar surface area (TPSA) is 46.3 Å². The number of carbonyl (C=O) groups excluding carboxylic acids is 1. The van der Waals surface area contributed by atoms with Crippen LogP contribution in [0.4, 0.5) is 5.69 Å². The molecule has 0 unspecified atom stereocenters. The standard InChI is InChI=1S/C15H17ClN2OS/c1-3-18(9-11-7-8-13(16)20-11)15(19)14-10(2)5-4-6-12(14)17/h4-8H,3,9,17H2,1-2H3. The first kappa shape index (κ1) is 14.9. The van der Waals surface area contributed by atoms with Crippen LogP contribution in [0.15, 0.2) is 30.3 Å². The van der Waals surface area contributed by atoms with Gasteiger partial charge in [0.25, 0.3) is 5.91 Å². The Morgan fingerprint density at radius 1 is 1.35 bits per heavy atom. The Morgan fingerprint density at radius 2 is 2.10 bits per heavy atom. The highest BCUT2D eigenvalue weighted by Gasteiger charge is 2.19. The molecule has 106 valence electrons. The number of anilines is 1. The van der Waals surface area contributed by atoms with Crippen molar-refractivity contribution in [3.05, 3.63) is 50.7 Å². The predicted molar refractivity (Wildman–Crippen MR) is 85.3 cm³/mol. The van der Waals surface area contributed by atoms with Crippen molar-refractivity contribution in [1.82, 2.24) is 4.90 Å². The summed E-state index contributed by atoms with van der Waals surface area (Å²) in [6, 6.07) is 9.32. The number of aryl methyl sites for hydroxylation is 1. The van der Waals surface area contributed by atoms with Crippen LogP contribution in [0, 0.1) is 6.92 Å². The lowest BCUT2D eigenvalue weighted by Gasteiger charge is -2.22. The molecule has 0 saturated carbocycles. The van der Waals surface area contributed by atoms with Gasteiger partial charge >= 0.3 is 0 Å². The van der Waals surface area contributed by atoms with E-state index in [1.54, 1.807) is 11.0 Å². The molecule has 0 bridgehead atoms. The molecule has 0 fully saturated rings. The van der Waals surface area contributed by atoms with E-state index in [1.807, 2.05) is 38.1 Å². The molecular weight excluding hydrogens is 292 g/mol. The van der Waals surface area contributed by atoms with E-state index in [2.05, 4.69) is 0 Å². The highest BCUT2D eigenvalue weighted by molar-refractivity contribution is 7.16. The molecule has 2 aromatic rings. The van der Waals surface area contributed by atoms with Gasteiger partial charge in [-0.25, -0.2) is 0 Å². The summed E-state index contributed by atoms with van der Waals surface area (Å²) in [5, 5.41) is 0. The van der Waals surface area contributed by atoms with Crippen molar-refractivity contribution in [2.24, 2.45) is 0 Å². The van der Waals surface area contributed by atoms with Gasteiger partial charge in [0.15, 0.2) is 0 Å². The molecule has 1 amide bonds. The molecule has 0 aliphatic carbocycles. The molecule has 3 nitrogen and oxygen atoms in total. The fraction of sp³-hybridized carbons (Fsp3) is 0.267. The maximum Gasteiger partial charge on any atom is 0.256 e. The van der Waals surface area contributed by atoms with Crippen LogP contribution in [0.3, 0.4) is 0 Å². The number of halogens is 1. The second-order valence-electron chi connectivity index (χ2n) is 4.56. The van der Waals surface area contributed by atoms with Crippen LogP contribution < -0.4 is 5.73 Å². The Labute approximate surface area is 128 Å². The van der Waals surface area contributed by atoms with Crippen molar-refractivity contribution in [3.63, 3.8) is 0 Å². The Kier molecular flexibility index (Phi) is 4.68. The minimum Gasteiger partial charge on any atom is -0.398 e. The van der Waals surface area contributed by atoms with Crippen LogP contribution in [-0.2, 0) is 6.54 Å². The van der Waals surface area contributed by atoms with Crippen LogP contribution in [0.25, 0.3) is 0 Å². The first-order chi connectivity index (χ1) is 9.52. The van der Waals surface area contributed by atoms with Gasteiger partial charge in [-0.2, -0.15) is 0 Å². The molecule has 1 aromatic heterocycles. The van der Waals surface area contributed by atoms with E-state index in [0.29, 0.717) is 24.3 Å². The van der Waals surface area contributed by atoms with E-state index in [9.17, 15) is 4.79 Å². The summed E-state index contributed by atoms with van der Waals surface area (Å²) in [7, 11) is 0. The van der Waals surface area contributed by atoms with Gasteiger partial charge in [-0.1, -0.05) is 23.7 Å². The number of carbonyl (C=O) groups is 1. The largest absolute Gasteiger partial charge is 0.398 e. The van der Waals surface area contributed by atoms with Gasteiger partial charge in [-0.15, -0.1) is 11.3 Å². The Hall–Kier alpha value is -1.52. The van der Waals surface area contributed by atoms with Crippen molar-refractivity contribution in [3.8, 4) is 0 Å². The van der Waals surface area contributed by atoms with Crippen molar-refractivity contribution >= 4 is 34.5 Å². The maximum absolute atomic E-state index is 12.6. The van der Waals surface area contributed by atoms with Crippen molar-refractivity contribution in [1.29, 1.82) is 0 Å². The lowest BCUT2D eigenvalue weighted by molar-refractivity contribution is 0.0754. The molecule has 20 heavy (non-hydrogen) atoms. The monoisotopic (exact) mass is 308 g/mol. The first-order valence-corrected chi connectivity index (χ1v) is 7.61. The quantitative estimate of drug-likeness (QED) is 0.869. The molecule has 2 N–H and O–H groups in total. The number of nitrogens with two attached hydrogens (primary N) is 1. The van der Waals surface area contributed by atoms with E-state index in [0.717, 1.165) is 14.8 Å². The van der Waals surface area contributed by atoms with Crippen LogP contribution >= 0.6 is 22.9 Å². The summed E-state index contributed by atoms with van der Waals surface area (Å²) in [6.45, 7) is 5.05.